The zero-order valence-electron chi connectivity index (χ0n) is 12.4. The minimum absolute atomic E-state index is 0.000474. The molecule has 3 heteroatoms. The van der Waals surface area contributed by atoms with Gasteiger partial charge in [-0.1, -0.05) is 55.5 Å². The van der Waals surface area contributed by atoms with Crippen LogP contribution in [0, 0.1) is 5.92 Å². The van der Waals surface area contributed by atoms with Crippen LogP contribution in [0.4, 0.5) is 5.69 Å². The van der Waals surface area contributed by atoms with Crippen LogP contribution in [0.2, 0.25) is 0 Å². The fourth-order valence-electron chi connectivity index (χ4n) is 2.31. The Kier molecular flexibility index (Phi) is 5.52. The molecule has 0 aromatic heterocycles. The summed E-state index contributed by atoms with van der Waals surface area (Å²) in [5, 5.41) is 3.01. The predicted octanol–water partition coefficient (Wildman–Crippen LogP) is 3.20. The molecule has 2 aromatic rings. The van der Waals surface area contributed by atoms with Gasteiger partial charge in [-0.15, -0.1) is 0 Å². The molecule has 2 rings (SSSR count). The lowest BCUT2D eigenvalue weighted by molar-refractivity contribution is -0.119. The Morgan fingerprint density at radius 2 is 1.76 bits per heavy atom. The third-order valence-corrected chi connectivity index (χ3v) is 3.66. The molecule has 3 nitrogen and oxygen atoms in total. The standard InChI is InChI=1S/C18H22N2O/c1-2-15(13-19)18(21)20-17-11-7-6-10-16(17)12-14-8-4-3-5-9-14/h3-11,15H,2,12-13,19H2,1H3,(H,20,21). The van der Waals surface area contributed by atoms with Crippen LogP contribution in [-0.2, 0) is 11.2 Å². The highest BCUT2D eigenvalue weighted by molar-refractivity contribution is 5.93. The Morgan fingerprint density at radius 1 is 1.10 bits per heavy atom. The van der Waals surface area contributed by atoms with Gasteiger partial charge in [-0.3, -0.25) is 4.79 Å². The summed E-state index contributed by atoms with van der Waals surface area (Å²) >= 11 is 0. The van der Waals surface area contributed by atoms with Crippen LogP contribution in [0.5, 0.6) is 0 Å². The molecule has 0 spiro atoms. The average molecular weight is 282 g/mol. The molecule has 0 saturated heterocycles. The number of benzene rings is 2. The molecular formula is C18H22N2O. The van der Waals surface area contributed by atoms with E-state index in [1.54, 1.807) is 0 Å². The second-order valence-corrected chi connectivity index (χ2v) is 5.15. The number of amides is 1. The highest BCUT2D eigenvalue weighted by atomic mass is 16.1. The molecule has 110 valence electrons. The zero-order valence-corrected chi connectivity index (χ0v) is 12.4. The molecule has 0 aliphatic heterocycles. The molecular weight excluding hydrogens is 260 g/mol. The van der Waals surface area contributed by atoms with Gasteiger partial charge in [0.15, 0.2) is 0 Å². The second kappa shape index (κ2) is 7.60. The number of carbonyl (C=O) groups is 1. The number of para-hydroxylation sites is 1. The van der Waals surface area contributed by atoms with Gasteiger partial charge in [-0.05, 0) is 30.0 Å². The van der Waals surface area contributed by atoms with E-state index < -0.39 is 0 Å². The lowest BCUT2D eigenvalue weighted by Crippen LogP contribution is -2.29. The second-order valence-electron chi connectivity index (χ2n) is 5.15. The molecule has 0 fully saturated rings. The molecule has 2 aromatic carbocycles. The van der Waals surface area contributed by atoms with Crippen molar-refractivity contribution in [2.75, 3.05) is 11.9 Å². The Labute approximate surface area is 126 Å². The van der Waals surface area contributed by atoms with Crippen LogP contribution in [0.1, 0.15) is 24.5 Å². The van der Waals surface area contributed by atoms with E-state index in [0.717, 1.165) is 24.1 Å². The van der Waals surface area contributed by atoms with E-state index in [9.17, 15) is 4.79 Å². The van der Waals surface area contributed by atoms with E-state index >= 15 is 0 Å². The van der Waals surface area contributed by atoms with Gasteiger partial charge in [0.2, 0.25) is 5.91 Å². The van der Waals surface area contributed by atoms with Crippen LogP contribution in [0.25, 0.3) is 0 Å². The molecule has 21 heavy (non-hydrogen) atoms. The Morgan fingerprint density at radius 3 is 2.43 bits per heavy atom. The maximum Gasteiger partial charge on any atom is 0.228 e. The highest BCUT2D eigenvalue weighted by Gasteiger charge is 2.15. The maximum atomic E-state index is 12.2. The van der Waals surface area contributed by atoms with Crippen molar-refractivity contribution in [1.82, 2.24) is 0 Å². The maximum absolute atomic E-state index is 12.2. The van der Waals surface area contributed by atoms with Crippen LogP contribution in [-0.4, -0.2) is 12.5 Å². The van der Waals surface area contributed by atoms with Gasteiger partial charge in [-0.25, -0.2) is 0 Å². The van der Waals surface area contributed by atoms with Crippen LogP contribution >= 0.6 is 0 Å². The summed E-state index contributed by atoms with van der Waals surface area (Å²) in [6.45, 7) is 2.36. The first-order valence-corrected chi connectivity index (χ1v) is 7.37. The Hall–Kier alpha value is -2.13. The molecule has 0 bridgehead atoms. The Bertz CT molecular complexity index is 577. The topological polar surface area (TPSA) is 55.1 Å². The van der Waals surface area contributed by atoms with Crippen molar-refractivity contribution in [2.24, 2.45) is 11.7 Å². The van der Waals surface area contributed by atoms with Crippen molar-refractivity contribution >= 4 is 11.6 Å². The van der Waals surface area contributed by atoms with Crippen LogP contribution in [0.15, 0.2) is 54.6 Å². The van der Waals surface area contributed by atoms with Crippen LogP contribution in [0.3, 0.4) is 0 Å². The molecule has 1 amide bonds. The number of nitrogens with one attached hydrogen (secondary N) is 1. The van der Waals surface area contributed by atoms with E-state index in [0.29, 0.717) is 6.54 Å². The van der Waals surface area contributed by atoms with Gasteiger partial charge < -0.3 is 11.1 Å². The van der Waals surface area contributed by atoms with Gasteiger partial charge in [0.25, 0.3) is 0 Å². The van der Waals surface area contributed by atoms with Crippen molar-refractivity contribution in [1.29, 1.82) is 0 Å². The average Bonchev–Trinajstić information content (AvgIpc) is 2.51. The van der Waals surface area contributed by atoms with Crippen molar-refractivity contribution in [3.8, 4) is 0 Å². The molecule has 0 saturated carbocycles. The quantitative estimate of drug-likeness (QED) is 0.855. The van der Waals surface area contributed by atoms with Gasteiger partial charge in [-0.2, -0.15) is 0 Å². The van der Waals surface area contributed by atoms with Crippen molar-refractivity contribution in [3.05, 3.63) is 65.7 Å². The van der Waals surface area contributed by atoms with Crippen molar-refractivity contribution in [3.63, 3.8) is 0 Å². The van der Waals surface area contributed by atoms with Gasteiger partial charge in [0.05, 0.1) is 5.92 Å². The largest absolute Gasteiger partial charge is 0.330 e. The van der Waals surface area contributed by atoms with Crippen molar-refractivity contribution < 1.29 is 4.79 Å². The molecule has 0 aliphatic rings. The fourth-order valence-corrected chi connectivity index (χ4v) is 2.31. The molecule has 1 atom stereocenters. The van der Waals surface area contributed by atoms with E-state index in [1.165, 1.54) is 5.56 Å². The third-order valence-electron chi connectivity index (χ3n) is 3.66. The van der Waals surface area contributed by atoms with Gasteiger partial charge >= 0.3 is 0 Å². The molecule has 0 aliphatic carbocycles. The summed E-state index contributed by atoms with van der Waals surface area (Å²) < 4.78 is 0. The van der Waals surface area contributed by atoms with E-state index in [-0.39, 0.29) is 11.8 Å². The van der Waals surface area contributed by atoms with Gasteiger partial charge in [0, 0.05) is 12.2 Å². The summed E-state index contributed by atoms with van der Waals surface area (Å²) in [6, 6.07) is 18.2. The molecule has 0 radical (unpaired) electrons. The first-order valence-electron chi connectivity index (χ1n) is 7.37. The first kappa shape index (κ1) is 15.3. The summed E-state index contributed by atoms with van der Waals surface area (Å²) in [5.41, 5.74) is 8.85. The van der Waals surface area contributed by atoms with Gasteiger partial charge in [0.1, 0.15) is 0 Å². The number of carbonyl (C=O) groups excluding carboxylic acids is 1. The predicted molar refractivity (Wildman–Crippen MR) is 87.2 cm³/mol. The zero-order chi connectivity index (χ0) is 15.1. The molecule has 0 heterocycles. The van der Waals surface area contributed by atoms with E-state index in [4.69, 9.17) is 5.73 Å². The number of anilines is 1. The highest BCUT2D eigenvalue weighted by Crippen LogP contribution is 2.20. The normalized spacial score (nSPS) is 11.9. The summed E-state index contributed by atoms with van der Waals surface area (Å²) in [7, 11) is 0. The first-order chi connectivity index (χ1) is 10.2. The number of nitrogens with two attached hydrogens (primary N) is 1. The summed E-state index contributed by atoms with van der Waals surface area (Å²) in [4.78, 5) is 12.2. The fraction of sp³-hybridized carbons (Fsp3) is 0.278. The minimum Gasteiger partial charge on any atom is -0.330 e. The number of hydrogen-bond acceptors (Lipinski definition) is 2. The Balaban J connectivity index is 2.15. The lowest BCUT2D eigenvalue weighted by atomic mass is 10.0. The monoisotopic (exact) mass is 282 g/mol. The van der Waals surface area contributed by atoms with E-state index in [1.807, 2.05) is 49.4 Å². The smallest absolute Gasteiger partial charge is 0.228 e. The number of rotatable bonds is 6. The van der Waals surface area contributed by atoms with Crippen LogP contribution < -0.4 is 11.1 Å². The lowest BCUT2D eigenvalue weighted by Gasteiger charge is -2.15. The third kappa shape index (κ3) is 4.17. The SMILES string of the molecule is CCC(CN)C(=O)Nc1ccccc1Cc1ccccc1. The molecule has 3 N–H and O–H groups in total. The summed E-state index contributed by atoms with van der Waals surface area (Å²) in [6.07, 6.45) is 1.56. The van der Waals surface area contributed by atoms with Crippen molar-refractivity contribution in [2.45, 2.75) is 19.8 Å². The molecule has 1 unspecified atom stereocenters. The van der Waals surface area contributed by atoms with E-state index in [2.05, 4.69) is 17.4 Å². The summed E-state index contributed by atoms with van der Waals surface area (Å²) in [5.74, 6) is -0.129. The minimum atomic E-state index is -0.130. The number of hydrogen-bond donors (Lipinski definition) is 2.